The highest BCUT2D eigenvalue weighted by Crippen LogP contribution is 2.22. The third-order valence-electron chi connectivity index (χ3n) is 2.28. The molecule has 0 aromatic carbocycles. The van der Waals surface area contributed by atoms with Gasteiger partial charge in [0.05, 0.1) is 0 Å². The lowest BCUT2D eigenvalue weighted by Crippen LogP contribution is -2.26. The first-order valence-electron chi connectivity index (χ1n) is 4.42. The molecule has 0 unspecified atom stereocenters. The monoisotopic (exact) mass is 238 g/mol. The number of rotatable bonds is 1. The summed E-state index contributed by atoms with van der Waals surface area (Å²) in [5.74, 6) is -0.0455. The topological polar surface area (TPSA) is 23.6 Å². The van der Waals surface area contributed by atoms with E-state index in [2.05, 4.69) is 0 Å². The van der Waals surface area contributed by atoms with Crippen LogP contribution < -0.4 is 0 Å². The van der Waals surface area contributed by atoms with Crippen LogP contribution in [0.25, 0.3) is 6.08 Å². The minimum Gasteiger partial charge on any atom is -0.317 e. The van der Waals surface area contributed by atoms with Gasteiger partial charge >= 0.3 is 0 Å². The van der Waals surface area contributed by atoms with E-state index >= 15 is 0 Å². The molecule has 1 saturated heterocycles. The summed E-state index contributed by atoms with van der Waals surface area (Å²) in [4.78, 5) is 16.1. The van der Waals surface area contributed by atoms with Crippen molar-refractivity contribution in [1.29, 1.82) is 0 Å². The number of thiophene rings is 1. The predicted octanol–water partition coefficient (Wildman–Crippen LogP) is 1.78. The molecule has 1 aliphatic heterocycles. The van der Waals surface area contributed by atoms with Gasteiger partial charge in [0.25, 0.3) is 5.91 Å². The smallest absolute Gasteiger partial charge is 0.276 e. The zero-order chi connectivity index (χ0) is 11.0. The van der Waals surface area contributed by atoms with Crippen molar-refractivity contribution in [3.63, 3.8) is 0 Å². The quantitative estimate of drug-likeness (QED) is 0.550. The molecule has 3 nitrogen and oxygen atoms in total. The Labute approximate surface area is 97.6 Å². The maximum Gasteiger partial charge on any atom is 0.276 e. The summed E-state index contributed by atoms with van der Waals surface area (Å²) in [5.41, 5.74) is 0.630. The van der Waals surface area contributed by atoms with Gasteiger partial charge in [-0.3, -0.25) is 9.69 Å². The molecule has 5 heteroatoms. The lowest BCUT2D eigenvalue weighted by molar-refractivity contribution is -0.121. The van der Waals surface area contributed by atoms with Crippen molar-refractivity contribution in [2.45, 2.75) is 0 Å². The lowest BCUT2D eigenvalue weighted by Gasteiger charge is -2.10. The number of thiocarbonyl (C=S) groups is 1. The van der Waals surface area contributed by atoms with Crippen LogP contribution in [0.15, 0.2) is 23.2 Å². The maximum atomic E-state index is 11.8. The van der Waals surface area contributed by atoms with Gasteiger partial charge in [-0.2, -0.15) is 0 Å². The van der Waals surface area contributed by atoms with Gasteiger partial charge in [0.15, 0.2) is 5.11 Å². The SMILES string of the molecule is CN1C(=O)/C(=C/c2cccs2)N(C)C1=S. The van der Waals surface area contributed by atoms with E-state index in [9.17, 15) is 4.79 Å². The molecule has 0 radical (unpaired) electrons. The molecule has 78 valence electrons. The van der Waals surface area contributed by atoms with Gasteiger partial charge in [0.2, 0.25) is 0 Å². The molecule has 1 aromatic heterocycles. The van der Waals surface area contributed by atoms with Crippen molar-refractivity contribution >= 4 is 40.7 Å². The van der Waals surface area contributed by atoms with E-state index in [0.29, 0.717) is 10.8 Å². The molecule has 0 bridgehead atoms. The molecule has 15 heavy (non-hydrogen) atoms. The van der Waals surface area contributed by atoms with E-state index in [-0.39, 0.29) is 5.91 Å². The van der Waals surface area contributed by atoms with Crippen LogP contribution in [-0.4, -0.2) is 34.9 Å². The molecule has 0 spiro atoms. The van der Waals surface area contributed by atoms with Crippen LogP contribution in [0.5, 0.6) is 0 Å². The number of likely N-dealkylation sites (N-methyl/N-ethyl adjacent to an activating group) is 2. The molecule has 0 N–H and O–H groups in total. The summed E-state index contributed by atoms with van der Waals surface area (Å²) in [7, 11) is 3.50. The first kappa shape index (κ1) is 10.3. The predicted molar refractivity (Wildman–Crippen MR) is 65.4 cm³/mol. The van der Waals surface area contributed by atoms with E-state index in [1.807, 2.05) is 30.6 Å². The van der Waals surface area contributed by atoms with Gasteiger partial charge in [-0.15, -0.1) is 11.3 Å². The van der Waals surface area contributed by atoms with Crippen LogP contribution in [0.1, 0.15) is 4.88 Å². The van der Waals surface area contributed by atoms with Gasteiger partial charge in [-0.05, 0) is 29.7 Å². The zero-order valence-corrected chi connectivity index (χ0v) is 10.1. The summed E-state index contributed by atoms with van der Waals surface area (Å²) in [6.07, 6.45) is 1.86. The summed E-state index contributed by atoms with van der Waals surface area (Å²) in [5, 5.41) is 2.52. The van der Waals surface area contributed by atoms with Crippen LogP contribution in [0.4, 0.5) is 0 Å². The second kappa shape index (κ2) is 3.75. The van der Waals surface area contributed by atoms with Gasteiger partial charge in [-0.1, -0.05) is 6.07 Å². The minimum absolute atomic E-state index is 0.0455. The Kier molecular flexibility index (Phi) is 2.58. The Hall–Kier alpha value is -1.20. The van der Waals surface area contributed by atoms with E-state index in [1.165, 1.54) is 4.90 Å². The molecule has 1 fully saturated rings. The van der Waals surface area contributed by atoms with Crippen LogP contribution in [0.2, 0.25) is 0 Å². The Morgan fingerprint density at radius 1 is 1.40 bits per heavy atom. The normalized spacial score (nSPS) is 19.5. The largest absolute Gasteiger partial charge is 0.317 e. The van der Waals surface area contributed by atoms with Crippen molar-refractivity contribution < 1.29 is 4.79 Å². The Balaban J connectivity index is 2.38. The number of nitrogens with zero attached hydrogens (tertiary/aromatic N) is 2. The number of hydrogen-bond donors (Lipinski definition) is 0. The average molecular weight is 238 g/mol. The number of amides is 1. The molecule has 1 amide bonds. The molecule has 0 atom stereocenters. The van der Waals surface area contributed by atoms with Gasteiger partial charge in [0.1, 0.15) is 5.70 Å². The summed E-state index contributed by atoms with van der Waals surface area (Å²) < 4.78 is 0. The first-order valence-corrected chi connectivity index (χ1v) is 5.71. The van der Waals surface area contributed by atoms with Crippen molar-refractivity contribution in [2.75, 3.05) is 14.1 Å². The van der Waals surface area contributed by atoms with Gasteiger partial charge in [-0.25, -0.2) is 0 Å². The van der Waals surface area contributed by atoms with Crippen LogP contribution >= 0.6 is 23.6 Å². The fraction of sp³-hybridized carbons (Fsp3) is 0.200. The van der Waals surface area contributed by atoms with Crippen molar-refractivity contribution in [1.82, 2.24) is 9.80 Å². The summed E-state index contributed by atoms with van der Waals surface area (Å²) in [6, 6.07) is 3.93. The number of carbonyl (C=O) groups is 1. The molecule has 0 saturated carbocycles. The maximum absolute atomic E-state index is 11.8. The summed E-state index contributed by atoms with van der Waals surface area (Å²) in [6.45, 7) is 0. The molecule has 2 heterocycles. The third-order valence-corrected chi connectivity index (χ3v) is 3.65. The fourth-order valence-electron chi connectivity index (χ4n) is 1.40. The van der Waals surface area contributed by atoms with E-state index in [4.69, 9.17) is 12.2 Å². The van der Waals surface area contributed by atoms with E-state index in [1.54, 1.807) is 23.3 Å². The standard InChI is InChI=1S/C10H10N2OS2/c1-11-8(6-7-4-3-5-15-7)9(13)12(2)10(11)14/h3-6H,1-2H3/b8-6-. The highest BCUT2D eigenvalue weighted by molar-refractivity contribution is 7.80. The number of carbonyl (C=O) groups excluding carboxylic acids is 1. The average Bonchev–Trinajstić information content (AvgIpc) is 2.79. The van der Waals surface area contributed by atoms with E-state index < -0.39 is 0 Å². The van der Waals surface area contributed by atoms with Crippen molar-refractivity contribution in [2.24, 2.45) is 0 Å². The second-order valence-electron chi connectivity index (χ2n) is 3.25. The van der Waals surface area contributed by atoms with Crippen molar-refractivity contribution in [3.8, 4) is 0 Å². The van der Waals surface area contributed by atoms with Crippen LogP contribution in [0.3, 0.4) is 0 Å². The third kappa shape index (κ3) is 1.68. The van der Waals surface area contributed by atoms with Crippen molar-refractivity contribution in [3.05, 3.63) is 28.1 Å². The van der Waals surface area contributed by atoms with Crippen LogP contribution in [-0.2, 0) is 4.79 Å². The van der Waals surface area contributed by atoms with Gasteiger partial charge < -0.3 is 4.90 Å². The Morgan fingerprint density at radius 3 is 2.60 bits per heavy atom. The molecule has 0 aliphatic carbocycles. The Morgan fingerprint density at radius 2 is 2.13 bits per heavy atom. The molecular formula is C10H10N2OS2. The minimum atomic E-state index is -0.0455. The molecule has 2 rings (SSSR count). The number of hydrogen-bond acceptors (Lipinski definition) is 3. The fourth-order valence-corrected chi connectivity index (χ4v) is 2.23. The zero-order valence-electron chi connectivity index (χ0n) is 8.43. The second-order valence-corrected chi connectivity index (χ2v) is 4.60. The molecular weight excluding hydrogens is 228 g/mol. The highest BCUT2D eigenvalue weighted by atomic mass is 32.1. The highest BCUT2D eigenvalue weighted by Gasteiger charge is 2.32. The molecule has 1 aromatic rings. The Bertz CT molecular complexity index is 436. The van der Waals surface area contributed by atoms with Crippen LogP contribution in [0, 0.1) is 0 Å². The first-order chi connectivity index (χ1) is 7.11. The lowest BCUT2D eigenvalue weighted by atomic mass is 10.3. The van der Waals surface area contributed by atoms with E-state index in [0.717, 1.165) is 4.88 Å². The summed E-state index contributed by atoms with van der Waals surface area (Å²) >= 11 is 6.71. The van der Waals surface area contributed by atoms with Gasteiger partial charge in [0, 0.05) is 19.0 Å². The molecule has 1 aliphatic rings.